The molecule has 0 saturated carbocycles. The summed E-state index contributed by atoms with van der Waals surface area (Å²) in [6, 6.07) is 19.5. The number of nitrogens with one attached hydrogen (secondary N) is 2. The van der Waals surface area contributed by atoms with E-state index in [1.807, 2.05) is 54.6 Å². The molecule has 0 aliphatic heterocycles. The van der Waals surface area contributed by atoms with E-state index in [4.69, 9.17) is 0 Å². The predicted octanol–water partition coefficient (Wildman–Crippen LogP) is 5.30. The third-order valence-electron chi connectivity index (χ3n) is 4.31. The third kappa shape index (κ3) is 4.91. The number of hydrogen-bond donors (Lipinski definition) is 2. The maximum absolute atomic E-state index is 11.6. The van der Waals surface area contributed by atoms with Crippen LogP contribution in [0.2, 0.25) is 0 Å². The highest BCUT2D eigenvalue weighted by Gasteiger charge is 2.09. The normalized spacial score (nSPS) is 11.7. The second-order valence-corrected chi connectivity index (χ2v) is 6.54. The van der Waals surface area contributed by atoms with Gasteiger partial charge in [0.15, 0.2) is 11.6 Å². The topological polar surface area (TPSA) is 66.9 Å². The number of carbonyl (C=O) groups excluding carboxylic acids is 1. The summed E-state index contributed by atoms with van der Waals surface area (Å²) in [5.74, 6) is 2.12. The highest BCUT2D eigenvalue weighted by atomic mass is 16.1. The summed E-state index contributed by atoms with van der Waals surface area (Å²) < 4.78 is 0. The zero-order valence-corrected chi connectivity index (χ0v) is 15.9. The molecule has 2 N–H and O–H groups in total. The number of hydrogen-bond acceptors (Lipinski definition) is 5. The van der Waals surface area contributed by atoms with Gasteiger partial charge in [0.1, 0.15) is 11.6 Å². The second-order valence-electron chi connectivity index (χ2n) is 6.54. The fraction of sp³-hybridized carbons (Fsp3) is 0.227. The van der Waals surface area contributed by atoms with Crippen LogP contribution in [0.1, 0.15) is 37.6 Å². The van der Waals surface area contributed by atoms with Crippen LogP contribution in [0, 0.1) is 0 Å². The van der Waals surface area contributed by atoms with Crippen LogP contribution in [0.25, 0.3) is 11.4 Å². The lowest BCUT2D eigenvalue weighted by Crippen LogP contribution is -2.15. The Bertz CT molecular complexity index is 925. The lowest BCUT2D eigenvalue weighted by Gasteiger charge is -2.15. The zero-order valence-electron chi connectivity index (χ0n) is 15.9. The number of benzene rings is 2. The molecule has 3 rings (SSSR count). The van der Waals surface area contributed by atoms with Crippen molar-refractivity contribution in [2.45, 2.75) is 33.2 Å². The van der Waals surface area contributed by atoms with Gasteiger partial charge in [-0.05, 0) is 32.4 Å². The highest BCUT2D eigenvalue weighted by molar-refractivity contribution is 5.95. The van der Waals surface area contributed by atoms with Gasteiger partial charge in [0.25, 0.3) is 0 Å². The van der Waals surface area contributed by atoms with Crippen LogP contribution >= 0.6 is 0 Å². The van der Waals surface area contributed by atoms with E-state index >= 15 is 0 Å². The number of anilines is 3. The quantitative estimate of drug-likeness (QED) is 0.560. The Morgan fingerprint density at radius 3 is 2.44 bits per heavy atom. The van der Waals surface area contributed by atoms with Gasteiger partial charge in [0, 0.05) is 28.9 Å². The molecule has 0 spiro atoms. The molecule has 0 saturated heterocycles. The van der Waals surface area contributed by atoms with Gasteiger partial charge in [-0.25, -0.2) is 9.97 Å². The Labute approximate surface area is 159 Å². The molecule has 0 aliphatic rings. The van der Waals surface area contributed by atoms with Crippen molar-refractivity contribution in [3.63, 3.8) is 0 Å². The first kappa shape index (κ1) is 18.6. The first-order chi connectivity index (χ1) is 13.0. The van der Waals surface area contributed by atoms with E-state index in [0.717, 1.165) is 23.5 Å². The summed E-state index contributed by atoms with van der Waals surface area (Å²) in [5, 5.41) is 6.71. The lowest BCUT2D eigenvalue weighted by atomic mass is 10.1. The summed E-state index contributed by atoms with van der Waals surface area (Å²) in [6.07, 6.45) is 0.994. The molecule has 0 fully saturated rings. The minimum absolute atomic E-state index is 0.0328. The molecule has 1 aromatic heterocycles. The van der Waals surface area contributed by atoms with Gasteiger partial charge in [0.2, 0.25) is 0 Å². The van der Waals surface area contributed by atoms with E-state index in [0.29, 0.717) is 23.2 Å². The molecular formula is C22H24N4O. The van der Waals surface area contributed by atoms with E-state index in [-0.39, 0.29) is 5.78 Å². The average molecular weight is 360 g/mol. The maximum atomic E-state index is 11.6. The van der Waals surface area contributed by atoms with Crippen molar-refractivity contribution in [2.24, 2.45) is 0 Å². The van der Waals surface area contributed by atoms with Crippen molar-refractivity contribution in [1.29, 1.82) is 0 Å². The number of nitrogens with zero attached hydrogens (tertiary/aromatic N) is 2. The van der Waals surface area contributed by atoms with Gasteiger partial charge in [-0.3, -0.25) is 4.79 Å². The fourth-order valence-corrected chi connectivity index (χ4v) is 2.62. The highest BCUT2D eigenvalue weighted by Crippen LogP contribution is 2.24. The summed E-state index contributed by atoms with van der Waals surface area (Å²) in [4.78, 5) is 21.0. The first-order valence-electron chi connectivity index (χ1n) is 9.14. The molecule has 3 aromatic rings. The van der Waals surface area contributed by atoms with Crippen LogP contribution in [0.4, 0.5) is 17.3 Å². The molecule has 0 amide bonds. The molecule has 1 atom stereocenters. The molecule has 5 heteroatoms. The molecule has 0 aliphatic carbocycles. The number of Topliss-reactive ketones (excluding diaryl/α,β-unsaturated/α-hetero) is 1. The van der Waals surface area contributed by atoms with Crippen LogP contribution in [0.15, 0.2) is 60.7 Å². The largest absolute Gasteiger partial charge is 0.367 e. The Balaban J connectivity index is 1.97. The van der Waals surface area contributed by atoms with Crippen LogP contribution < -0.4 is 10.6 Å². The van der Waals surface area contributed by atoms with Gasteiger partial charge in [-0.1, -0.05) is 49.4 Å². The molecule has 2 aromatic carbocycles. The average Bonchev–Trinajstić information content (AvgIpc) is 2.68. The standard InChI is InChI=1S/C22H24N4O/c1-4-15(2)23-20-14-21(24-19-12-8-11-18(13-19)16(3)27)26-22(25-20)17-9-6-5-7-10-17/h5-15H,4H2,1-3H3,(H2,23,24,25,26). The fourth-order valence-electron chi connectivity index (χ4n) is 2.62. The van der Waals surface area contributed by atoms with Gasteiger partial charge in [-0.15, -0.1) is 0 Å². The second kappa shape index (κ2) is 8.45. The Morgan fingerprint density at radius 2 is 1.74 bits per heavy atom. The van der Waals surface area contributed by atoms with Crippen LogP contribution in [-0.2, 0) is 0 Å². The SMILES string of the molecule is CCC(C)Nc1cc(Nc2cccc(C(C)=O)c2)nc(-c2ccccc2)n1. The molecular weight excluding hydrogens is 336 g/mol. The molecule has 0 radical (unpaired) electrons. The van der Waals surface area contributed by atoms with Crippen molar-refractivity contribution in [3.05, 3.63) is 66.2 Å². The third-order valence-corrected chi connectivity index (χ3v) is 4.31. The maximum Gasteiger partial charge on any atom is 0.163 e. The summed E-state index contributed by atoms with van der Waals surface area (Å²) in [6.45, 7) is 5.81. The lowest BCUT2D eigenvalue weighted by molar-refractivity contribution is 0.101. The van der Waals surface area contributed by atoms with Crippen LogP contribution in [0.5, 0.6) is 0 Å². The first-order valence-corrected chi connectivity index (χ1v) is 9.14. The number of rotatable bonds is 7. The molecule has 0 bridgehead atoms. The van der Waals surface area contributed by atoms with Crippen molar-refractivity contribution in [1.82, 2.24) is 9.97 Å². The van der Waals surface area contributed by atoms with Crippen molar-refractivity contribution < 1.29 is 4.79 Å². The van der Waals surface area contributed by atoms with Crippen LogP contribution in [-0.4, -0.2) is 21.8 Å². The van der Waals surface area contributed by atoms with Crippen molar-refractivity contribution in [2.75, 3.05) is 10.6 Å². The number of carbonyl (C=O) groups is 1. The predicted molar refractivity (Wildman–Crippen MR) is 111 cm³/mol. The molecule has 1 unspecified atom stereocenters. The van der Waals surface area contributed by atoms with Gasteiger partial charge >= 0.3 is 0 Å². The Morgan fingerprint density at radius 1 is 1.00 bits per heavy atom. The van der Waals surface area contributed by atoms with E-state index < -0.39 is 0 Å². The van der Waals surface area contributed by atoms with Gasteiger partial charge in [-0.2, -0.15) is 0 Å². The van der Waals surface area contributed by atoms with Crippen molar-refractivity contribution in [3.8, 4) is 11.4 Å². The molecule has 5 nitrogen and oxygen atoms in total. The molecule has 1 heterocycles. The van der Waals surface area contributed by atoms with E-state index in [9.17, 15) is 4.79 Å². The van der Waals surface area contributed by atoms with E-state index in [1.54, 1.807) is 13.0 Å². The number of aromatic nitrogens is 2. The van der Waals surface area contributed by atoms with Gasteiger partial charge < -0.3 is 10.6 Å². The number of ketones is 1. The smallest absolute Gasteiger partial charge is 0.163 e. The Hall–Kier alpha value is -3.21. The van der Waals surface area contributed by atoms with Crippen LogP contribution in [0.3, 0.4) is 0 Å². The summed E-state index contributed by atoms with van der Waals surface area (Å²) >= 11 is 0. The molecule has 27 heavy (non-hydrogen) atoms. The van der Waals surface area contributed by atoms with Crippen molar-refractivity contribution >= 4 is 23.1 Å². The monoisotopic (exact) mass is 360 g/mol. The molecule has 138 valence electrons. The minimum atomic E-state index is 0.0328. The van der Waals surface area contributed by atoms with E-state index in [2.05, 4.69) is 34.4 Å². The zero-order chi connectivity index (χ0) is 19.2. The van der Waals surface area contributed by atoms with Gasteiger partial charge in [0.05, 0.1) is 0 Å². The summed E-state index contributed by atoms with van der Waals surface area (Å²) in [5.41, 5.74) is 2.43. The minimum Gasteiger partial charge on any atom is -0.367 e. The summed E-state index contributed by atoms with van der Waals surface area (Å²) in [7, 11) is 0. The van der Waals surface area contributed by atoms with E-state index in [1.165, 1.54) is 0 Å². The Kier molecular flexibility index (Phi) is 5.81.